The standard InChI is InChI=1S/C18H19N3/c1-3-13-9-7-8-12-15(13)17-16(18(19)21(2)20-17)14-10-5-4-6-11-14/h4-12H,3,19H2,1-2H3. The van der Waals surface area contributed by atoms with Crippen molar-refractivity contribution in [2.45, 2.75) is 13.3 Å². The number of hydrogen-bond donors (Lipinski definition) is 1. The van der Waals surface area contributed by atoms with Gasteiger partial charge in [0.25, 0.3) is 0 Å². The van der Waals surface area contributed by atoms with Crippen LogP contribution in [0.5, 0.6) is 0 Å². The summed E-state index contributed by atoms with van der Waals surface area (Å²) in [7, 11) is 1.89. The van der Waals surface area contributed by atoms with E-state index in [1.165, 1.54) is 5.56 Å². The van der Waals surface area contributed by atoms with Gasteiger partial charge in [0.05, 0.1) is 5.56 Å². The molecule has 0 saturated heterocycles. The second-order valence-corrected chi connectivity index (χ2v) is 5.11. The van der Waals surface area contributed by atoms with Gasteiger partial charge in [-0.1, -0.05) is 61.5 Å². The Kier molecular flexibility index (Phi) is 3.48. The summed E-state index contributed by atoms with van der Waals surface area (Å²) in [4.78, 5) is 0. The normalized spacial score (nSPS) is 10.8. The molecule has 0 atom stereocenters. The molecule has 0 aliphatic carbocycles. The average Bonchev–Trinajstić information content (AvgIpc) is 2.83. The molecular weight excluding hydrogens is 258 g/mol. The molecule has 0 aliphatic rings. The second-order valence-electron chi connectivity index (χ2n) is 5.11. The van der Waals surface area contributed by atoms with Crippen molar-refractivity contribution in [2.24, 2.45) is 7.05 Å². The summed E-state index contributed by atoms with van der Waals surface area (Å²) in [6.45, 7) is 2.16. The zero-order valence-corrected chi connectivity index (χ0v) is 12.4. The Hall–Kier alpha value is -2.55. The highest BCUT2D eigenvalue weighted by Gasteiger charge is 2.18. The number of nitrogens with two attached hydrogens (primary N) is 1. The first-order valence-electron chi connectivity index (χ1n) is 7.18. The SMILES string of the molecule is CCc1ccccc1-c1nn(C)c(N)c1-c1ccccc1. The van der Waals surface area contributed by atoms with E-state index >= 15 is 0 Å². The Labute approximate surface area is 125 Å². The number of nitrogen functional groups attached to an aromatic ring is 1. The number of hydrogen-bond acceptors (Lipinski definition) is 2. The lowest BCUT2D eigenvalue weighted by Crippen LogP contribution is -1.97. The quantitative estimate of drug-likeness (QED) is 0.789. The van der Waals surface area contributed by atoms with Crippen LogP contribution in [-0.4, -0.2) is 9.78 Å². The summed E-state index contributed by atoms with van der Waals surface area (Å²) in [5.41, 5.74) is 11.8. The van der Waals surface area contributed by atoms with E-state index in [9.17, 15) is 0 Å². The molecule has 0 saturated carbocycles. The van der Waals surface area contributed by atoms with E-state index in [1.54, 1.807) is 4.68 Å². The Morgan fingerprint density at radius 2 is 1.67 bits per heavy atom. The summed E-state index contributed by atoms with van der Waals surface area (Å²) in [6.07, 6.45) is 0.973. The Morgan fingerprint density at radius 3 is 2.38 bits per heavy atom. The lowest BCUT2D eigenvalue weighted by atomic mass is 9.96. The molecule has 0 fully saturated rings. The zero-order chi connectivity index (χ0) is 14.8. The minimum Gasteiger partial charge on any atom is -0.383 e. The van der Waals surface area contributed by atoms with Crippen LogP contribution >= 0.6 is 0 Å². The molecule has 0 amide bonds. The minimum absolute atomic E-state index is 0.696. The first-order valence-corrected chi connectivity index (χ1v) is 7.18. The molecule has 0 unspecified atom stereocenters. The van der Waals surface area contributed by atoms with Gasteiger partial charge in [0.2, 0.25) is 0 Å². The van der Waals surface area contributed by atoms with Crippen LogP contribution < -0.4 is 5.73 Å². The highest BCUT2D eigenvalue weighted by atomic mass is 15.3. The number of aryl methyl sites for hydroxylation is 2. The summed E-state index contributed by atoms with van der Waals surface area (Å²) in [6, 6.07) is 18.6. The van der Waals surface area contributed by atoms with Crippen molar-refractivity contribution < 1.29 is 0 Å². The van der Waals surface area contributed by atoms with Crippen LogP contribution in [0.1, 0.15) is 12.5 Å². The van der Waals surface area contributed by atoms with Gasteiger partial charge in [-0.2, -0.15) is 5.10 Å². The van der Waals surface area contributed by atoms with E-state index in [4.69, 9.17) is 5.73 Å². The molecule has 1 aromatic heterocycles. The lowest BCUT2D eigenvalue weighted by molar-refractivity contribution is 0.782. The molecule has 3 heteroatoms. The van der Waals surface area contributed by atoms with E-state index in [0.717, 1.165) is 28.8 Å². The van der Waals surface area contributed by atoms with E-state index in [-0.39, 0.29) is 0 Å². The molecule has 0 radical (unpaired) electrons. The summed E-state index contributed by atoms with van der Waals surface area (Å²) < 4.78 is 1.75. The Morgan fingerprint density at radius 1 is 1.00 bits per heavy atom. The van der Waals surface area contributed by atoms with E-state index in [0.29, 0.717) is 5.82 Å². The van der Waals surface area contributed by atoms with Crippen molar-refractivity contribution in [3.63, 3.8) is 0 Å². The predicted molar refractivity (Wildman–Crippen MR) is 87.9 cm³/mol. The van der Waals surface area contributed by atoms with E-state index < -0.39 is 0 Å². The van der Waals surface area contributed by atoms with Gasteiger partial charge in [-0.05, 0) is 17.5 Å². The molecule has 3 rings (SSSR count). The second kappa shape index (κ2) is 5.44. The van der Waals surface area contributed by atoms with Crippen LogP contribution in [0.25, 0.3) is 22.4 Å². The highest BCUT2D eigenvalue weighted by molar-refractivity contribution is 5.89. The van der Waals surface area contributed by atoms with Gasteiger partial charge in [-0.3, -0.25) is 4.68 Å². The van der Waals surface area contributed by atoms with Crippen LogP contribution in [0.2, 0.25) is 0 Å². The molecule has 21 heavy (non-hydrogen) atoms. The molecule has 2 N–H and O–H groups in total. The smallest absolute Gasteiger partial charge is 0.129 e. The predicted octanol–water partition coefficient (Wildman–Crippen LogP) is 3.90. The third-order valence-electron chi connectivity index (χ3n) is 3.81. The third kappa shape index (κ3) is 2.31. The summed E-state index contributed by atoms with van der Waals surface area (Å²) in [5, 5.41) is 4.66. The minimum atomic E-state index is 0.696. The van der Waals surface area contributed by atoms with Gasteiger partial charge in [0.15, 0.2) is 0 Å². The van der Waals surface area contributed by atoms with Gasteiger partial charge in [0.1, 0.15) is 11.5 Å². The fraction of sp³-hybridized carbons (Fsp3) is 0.167. The maximum atomic E-state index is 6.26. The topological polar surface area (TPSA) is 43.8 Å². The van der Waals surface area contributed by atoms with Crippen molar-refractivity contribution in [2.75, 3.05) is 5.73 Å². The van der Waals surface area contributed by atoms with Crippen LogP contribution in [-0.2, 0) is 13.5 Å². The van der Waals surface area contributed by atoms with Crippen molar-refractivity contribution in [1.82, 2.24) is 9.78 Å². The Bertz CT molecular complexity index is 757. The number of aromatic nitrogens is 2. The molecule has 0 bridgehead atoms. The largest absolute Gasteiger partial charge is 0.383 e. The van der Waals surface area contributed by atoms with Gasteiger partial charge < -0.3 is 5.73 Å². The molecule has 2 aromatic carbocycles. The lowest BCUT2D eigenvalue weighted by Gasteiger charge is -2.08. The number of anilines is 1. The number of nitrogens with zero attached hydrogens (tertiary/aromatic N) is 2. The fourth-order valence-electron chi connectivity index (χ4n) is 2.67. The van der Waals surface area contributed by atoms with Crippen LogP contribution in [0.4, 0.5) is 5.82 Å². The first-order chi connectivity index (χ1) is 10.2. The number of rotatable bonds is 3. The molecule has 1 heterocycles. The van der Waals surface area contributed by atoms with Crippen LogP contribution in [0.15, 0.2) is 54.6 Å². The van der Waals surface area contributed by atoms with Crippen molar-refractivity contribution in [3.8, 4) is 22.4 Å². The zero-order valence-electron chi connectivity index (χ0n) is 12.4. The molecule has 0 aliphatic heterocycles. The van der Waals surface area contributed by atoms with E-state index in [1.807, 2.05) is 31.3 Å². The van der Waals surface area contributed by atoms with Crippen molar-refractivity contribution in [1.29, 1.82) is 0 Å². The maximum Gasteiger partial charge on any atom is 0.129 e. The first kappa shape index (κ1) is 13.4. The molecule has 3 nitrogen and oxygen atoms in total. The van der Waals surface area contributed by atoms with Gasteiger partial charge in [-0.25, -0.2) is 0 Å². The summed E-state index contributed by atoms with van der Waals surface area (Å²) >= 11 is 0. The van der Waals surface area contributed by atoms with Crippen LogP contribution in [0, 0.1) is 0 Å². The van der Waals surface area contributed by atoms with Gasteiger partial charge in [0, 0.05) is 12.6 Å². The molecular formula is C18H19N3. The van der Waals surface area contributed by atoms with Gasteiger partial charge in [-0.15, -0.1) is 0 Å². The third-order valence-corrected chi connectivity index (χ3v) is 3.81. The van der Waals surface area contributed by atoms with E-state index in [2.05, 4.69) is 42.4 Å². The summed E-state index contributed by atoms with van der Waals surface area (Å²) in [5.74, 6) is 0.696. The van der Waals surface area contributed by atoms with Crippen molar-refractivity contribution >= 4 is 5.82 Å². The van der Waals surface area contributed by atoms with Crippen LogP contribution in [0.3, 0.4) is 0 Å². The molecule has 3 aromatic rings. The number of benzene rings is 2. The highest BCUT2D eigenvalue weighted by Crippen LogP contribution is 2.37. The molecule has 0 spiro atoms. The fourth-order valence-corrected chi connectivity index (χ4v) is 2.67. The van der Waals surface area contributed by atoms with Crippen molar-refractivity contribution in [3.05, 3.63) is 60.2 Å². The monoisotopic (exact) mass is 277 g/mol. The maximum absolute atomic E-state index is 6.26. The Balaban J connectivity index is 2.27. The average molecular weight is 277 g/mol. The van der Waals surface area contributed by atoms with Gasteiger partial charge >= 0.3 is 0 Å². The molecule has 106 valence electrons.